The first-order valence-electron chi connectivity index (χ1n) is 16.8. The summed E-state index contributed by atoms with van der Waals surface area (Å²) in [6.07, 6.45) is 16.6. The van der Waals surface area contributed by atoms with Crippen molar-refractivity contribution in [3.63, 3.8) is 0 Å². The number of hydrogen-bond donors (Lipinski definition) is 2. The van der Waals surface area contributed by atoms with Crippen LogP contribution in [0.3, 0.4) is 0 Å². The molecule has 0 spiro atoms. The fourth-order valence-electron chi connectivity index (χ4n) is 7.28. The van der Waals surface area contributed by atoms with Crippen LogP contribution in [0.2, 0.25) is 0 Å². The van der Waals surface area contributed by atoms with Crippen LogP contribution in [0.25, 0.3) is 39.2 Å². The molecule has 16 nitrogen and oxygen atoms in total. The van der Waals surface area contributed by atoms with Crippen molar-refractivity contribution < 1.29 is 32.7 Å². The minimum absolute atomic E-state index is 0.267. The van der Waals surface area contributed by atoms with Crippen LogP contribution in [-0.2, 0) is 27.9 Å². The molecule has 0 aromatic carbocycles. The lowest BCUT2D eigenvalue weighted by Gasteiger charge is -2.14. The Labute approximate surface area is 298 Å². The van der Waals surface area contributed by atoms with E-state index in [4.69, 9.17) is 10.3 Å². The van der Waals surface area contributed by atoms with Gasteiger partial charge >= 0.3 is 13.0 Å². The zero-order chi connectivity index (χ0) is 37.2. The van der Waals surface area contributed by atoms with Gasteiger partial charge in [-0.1, -0.05) is 13.8 Å². The molecule has 6 aromatic rings. The molecule has 0 saturated heterocycles. The van der Waals surface area contributed by atoms with Gasteiger partial charge in [-0.2, -0.15) is 4.79 Å². The van der Waals surface area contributed by atoms with E-state index in [2.05, 4.69) is 72.5 Å². The van der Waals surface area contributed by atoms with Gasteiger partial charge in [0.2, 0.25) is 5.78 Å². The number of nitrogens with zero attached hydrogens (tertiary/aromatic N) is 8. The largest absolute Gasteiger partial charge is 0.504 e. The number of aromatic amines is 2. The Bertz CT molecular complexity index is 2390. The second kappa shape index (κ2) is 15.1. The van der Waals surface area contributed by atoms with Crippen LogP contribution in [0.15, 0.2) is 61.1 Å². The topological polar surface area (TPSA) is 207 Å². The first kappa shape index (κ1) is 36.5. The number of carbonyl (C=O) groups is 2. The van der Waals surface area contributed by atoms with Crippen LogP contribution in [0.1, 0.15) is 69.7 Å². The van der Waals surface area contributed by atoms with E-state index in [9.17, 15) is 14.2 Å². The van der Waals surface area contributed by atoms with Crippen molar-refractivity contribution in [1.29, 1.82) is 0 Å². The second-order valence-electron chi connectivity index (χ2n) is 13.1. The zero-order valence-corrected chi connectivity index (χ0v) is 30.7. The molecule has 2 aliphatic rings. The summed E-state index contributed by atoms with van der Waals surface area (Å²) in [6, 6.07) is 4.06. The monoisotopic (exact) mass is 728 g/mol. The summed E-state index contributed by atoms with van der Waals surface area (Å²) in [4.78, 5) is 48.9. The summed E-state index contributed by atoms with van der Waals surface area (Å²) in [5, 5.41) is 0. The summed E-state index contributed by atoms with van der Waals surface area (Å²) in [5.74, 6) is 1.41. The number of methoxy groups -OCH3 is 1. The molecule has 0 aliphatic heterocycles. The van der Waals surface area contributed by atoms with Gasteiger partial charge in [-0.15, -0.1) is 0 Å². The van der Waals surface area contributed by atoms with Crippen LogP contribution >= 0.6 is 7.60 Å². The van der Waals surface area contributed by atoms with Gasteiger partial charge in [0.05, 0.1) is 36.8 Å². The van der Waals surface area contributed by atoms with Gasteiger partial charge in [0.25, 0.3) is 0 Å². The maximum atomic E-state index is 11.7. The highest BCUT2D eigenvalue weighted by Crippen LogP contribution is 2.47. The third kappa shape index (κ3) is 6.85. The minimum atomic E-state index is -3.70. The molecule has 0 amide bonds. The number of rotatable bonds is 7. The van der Waals surface area contributed by atoms with E-state index in [1.54, 1.807) is 13.3 Å². The van der Waals surface area contributed by atoms with E-state index in [0.717, 1.165) is 73.3 Å². The van der Waals surface area contributed by atoms with Crippen molar-refractivity contribution in [2.45, 2.75) is 58.3 Å². The van der Waals surface area contributed by atoms with Gasteiger partial charge in [-0.25, -0.2) is 24.5 Å². The molecule has 6 heterocycles. The first-order valence-corrected chi connectivity index (χ1v) is 18.3. The maximum Gasteiger partial charge on any atom is 0.446 e. The number of allylic oxidation sites excluding steroid dienone is 1. The maximum absolute atomic E-state index is 11.7. The van der Waals surface area contributed by atoms with Crippen molar-refractivity contribution in [3.8, 4) is 0 Å². The number of imidazole rings is 2. The highest BCUT2D eigenvalue weighted by atomic mass is 31.2. The van der Waals surface area contributed by atoms with Gasteiger partial charge in [-0.3, -0.25) is 18.4 Å². The van der Waals surface area contributed by atoms with Gasteiger partial charge in [0.15, 0.2) is 22.6 Å². The van der Waals surface area contributed by atoms with Gasteiger partial charge in [-0.05, 0) is 42.4 Å². The Hall–Kier alpha value is -5.27. The van der Waals surface area contributed by atoms with Crippen molar-refractivity contribution >= 4 is 58.2 Å². The predicted molar refractivity (Wildman–Crippen MR) is 193 cm³/mol. The molecule has 2 N–H and O–H groups in total. The van der Waals surface area contributed by atoms with Crippen LogP contribution in [0.4, 0.5) is 0 Å². The Balaban J connectivity index is 0.000000140. The summed E-state index contributed by atoms with van der Waals surface area (Å²) in [5.41, 5.74) is 17.1. The molecule has 4 atom stereocenters. The number of Topliss-reactive ketones (excluding diaryl/α,β-unsaturated/α-hetero) is 2. The number of hydrogen-bond acceptors (Lipinski definition) is 10. The van der Waals surface area contributed by atoms with E-state index in [1.807, 2.05) is 43.3 Å². The molecular weight excluding hydrogens is 687 g/mol. The van der Waals surface area contributed by atoms with E-state index < -0.39 is 18.8 Å². The summed E-state index contributed by atoms with van der Waals surface area (Å²) in [7, 11) is 0.211. The second-order valence-corrected chi connectivity index (χ2v) is 15.2. The molecule has 2 aliphatic carbocycles. The van der Waals surface area contributed by atoms with Gasteiger partial charge in [0, 0.05) is 82.0 Å². The molecule has 52 heavy (non-hydrogen) atoms. The Morgan fingerprint density at radius 1 is 0.846 bits per heavy atom. The van der Waals surface area contributed by atoms with Crippen LogP contribution in [-0.4, -0.2) is 81.8 Å². The molecule has 272 valence electrons. The third-order valence-corrected chi connectivity index (χ3v) is 11.7. The lowest BCUT2D eigenvalue weighted by atomic mass is 9.95. The van der Waals surface area contributed by atoms with E-state index in [1.165, 1.54) is 11.3 Å². The smallest absolute Gasteiger partial charge is 0.446 e. The lowest BCUT2D eigenvalue weighted by molar-refractivity contribution is -0.117. The van der Waals surface area contributed by atoms with E-state index >= 15 is 0 Å². The fourth-order valence-corrected chi connectivity index (χ4v) is 8.27. The highest BCUT2D eigenvalue weighted by molar-refractivity contribution is 7.74. The Kier molecular flexibility index (Phi) is 10.6. The quantitative estimate of drug-likeness (QED) is 0.0622. The molecule has 17 heteroatoms. The molecule has 0 radical (unpaired) electrons. The number of fused-ring (bicyclic) bond motifs is 6. The Morgan fingerprint density at radius 3 is 1.79 bits per heavy atom. The standard InChI is InChI=1S/C16H18N4O.C14H14N4O.C5H9N2O4P/c1-10-5-11(9-21-2)6-12(10)14-7-18-15-8-19-16-13(20(14)15)3-4-17-16;1-8-4-9(19)5-10(8)12-6-16-13-7-17-14-11(18(12)13)2-3-15-14;1-4(8)5(7-6)12(9,10-2)11-3/h3-4,7-10,12,17H,5-6H2,1-2H3;2-3,6-8,10,15H,4-5H2,1H3;1-3H3. The van der Waals surface area contributed by atoms with Crippen LogP contribution < -0.4 is 0 Å². The molecule has 0 bridgehead atoms. The highest BCUT2D eigenvalue weighted by Gasteiger charge is 2.41. The van der Waals surface area contributed by atoms with Crippen LogP contribution in [0.5, 0.6) is 0 Å². The molecule has 8 rings (SSSR count). The van der Waals surface area contributed by atoms with Crippen molar-refractivity contribution in [3.05, 3.63) is 78.1 Å². The van der Waals surface area contributed by atoms with E-state index in [0.29, 0.717) is 36.4 Å². The first-order chi connectivity index (χ1) is 25.0. The number of aromatic nitrogens is 8. The fraction of sp³-hybridized carbons (Fsp3) is 0.400. The third-order valence-electron chi connectivity index (χ3n) is 9.77. The number of H-pyrrole nitrogens is 2. The number of ether oxygens (including phenoxy) is 1. The average Bonchev–Trinajstić information content (AvgIpc) is 3.97. The molecule has 4 unspecified atom stereocenters. The van der Waals surface area contributed by atoms with Gasteiger partial charge < -0.3 is 29.3 Å². The zero-order valence-electron chi connectivity index (χ0n) is 29.8. The SMILES string of the molecule is CC1CC(=O)CC1c1cnc2cnc3[nH]ccc3n12.COC=C1CC(C)C(c2cnc3cnc4[nH]ccc4n23)C1.COP(=O)(OC)C(=[N+]=[N-])C(C)=O. The normalized spacial score (nSPS) is 21.0. The van der Waals surface area contributed by atoms with Crippen molar-refractivity contribution in [2.24, 2.45) is 11.8 Å². The summed E-state index contributed by atoms with van der Waals surface area (Å²) < 4.78 is 29.8. The van der Waals surface area contributed by atoms with Gasteiger partial charge in [0.1, 0.15) is 5.78 Å². The Morgan fingerprint density at radius 2 is 1.37 bits per heavy atom. The number of ketones is 2. The molecular formula is C35H41N10O6P. The molecule has 2 saturated carbocycles. The van der Waals surface area contributed by atoms with Crippen molar-refractivity contribution in [2.75, 3.05) is 21.3 Å². The number of nitrogens with one attached hydrogen (secondary N) is 2. The van der Waals surface area contributed by atoms with Crippen LogP contribution in [0, 0.1) is 11.8 Å². The summed E-state index contributed by atoms with van der Waals surface area (Å²) >= 11 is 0. The molecule has 6 aromatic heterocycles. The van der Waals surface area contributed by atoms with Crippen molar-refractivity contribution in [1.82, 2.24) is 38.7 Å². The molecule has 2 fully saturated rings. The summed E-state index contributed by atoms with van der Waals surface area (Å²) in [6.45, 7) is 5.54. The number of carbonyl (C=O) groups excluding carboxylic acids is 2. The predicted octanol–water partition coefficient (Wildman–Crippen LogP) is 6.24. The average molecular weight is 729 g/mol. The van der Waals surface area contributed by atoms with E-state index in [-0.39, 0.29) is 5.92 Å². The lowest BCUT2D eigenvalue weighted by Crippen LogP contribution is -2.13. The minimum Gasteiger partial charge on any atom is -0.504 e.